The third-order valence-electron chi connectivity index (χ3n) is 7.93. The van der Waals surface area contributed by atoms with Crippen molar-refractivity contribution in [3.05, 3.63) is 0 Å². The van der Waals surface area contributed by atoms with E-state index >= 15 is 0 Å². The molecule has 0 amide bonds. The average Bonchev–Trinajstić information content (AvgIpc) is 2.97. The zero-order valence-corrected chi connectivity index (χ0v) is 26.8. The molecule has 0 saturated heterocycles. The van der Waals surface area contributed by atoms with E-state index in [4.69, 9.17) is 14.2 Å². The maximum Gasteiger partial charge on any atom is 0.305 e. The molecule has 0 unspecified atom stereocenters. The molecule has 0 aliphatic rings. The molecule has 0 fully saturated rings. The van der Waals surface area contributed by atoms with Crippen LogP contribution in [0.2, 0.25) is 0 Å². The highest BCUT2D eigenvalue weighted by molar-refractivity contribution is 5.70. The summed E-state index contributed by atoms with van der Waals surface area (Å²) >= 11 is 0. The van der Waals surface area contributed by atoms with Crippen molar-refractivity contribution < 1.29 is 28.6 Å². The van der Waals surface area contributed by atoms with Gasteiger partial charge in [-0.1, -0.05) is 143 Å². The summed E-state index contributed by atoms with van der Waals surface area (Å²) < 4.78 is 16.2. The number of rotatable bonds is 29. The van der Waals surface area contributed by atoms with Gasteiger partial charge in [-0.25, -0.2) is 0 Å². The maximum atomic E-state index is 12.3. The van der Waals surface area contributed by atoms with Gasteiger partial charge in [-0.15, -0.1) is 0 Å². The Kier molecular flexibility index (Phi) is 26.5. The van der Waals surface area contributed by atoms with Crippen molar-refractivity contribution in [2.24, 2.45) is 5.41 Å². The fraction of sp³-hybridized carbons (Fsp3) is 0.912. The lowest BCUT2D eigenvalue weighted by atomic mass is 9.88. The van der Waals surface area contributed by atoms with Crippen LogP contribution in [-0.2, 0) is 28.6 Å². The Hall–Kier alpha value is -1.59. The maximum absolute atomic E-state index is 12.3. The second-order valence-electron chi connectivity index (χ2n) is 11.7. The second-order valence-corrected chi connectivity index (χ2v) is 11.7. The van der Waals surface area contributed by atoms with Gasteiger partial charge in [0, 0.05) is 19.3 Å². The Bertz CT molecular complexity index is 598. The first kappa shape index (κ1) is 38.4. The molecule has 0 spiro atoms. The summed E-state index contributed by atoms with van der Waals surface area (Å²) in [6.45, 7) is 7.88. The molecule has 0 aromatic carbocycles. The molecule has 0 saturated carbocycles. The smallest absolute Gasteiger partial charge is 0.305 e. The van der Waals surface area contributed by atoms with Crippen LogP contribution in [0, 0.1) is 5.41 Å². The predicted octanol–water partition coefficient (Wildman–Crippen LogP) is 9.65. The van der Waals surface area contributed by atoms with Crippen molar-refractivity contribution in [3.8, 4) is 0 Å². The summed E-state index contributed by atoms with van der Waals surface area (Å²) in [6, 6.07) is 0. The predicted molar refractivity (Wildman–Crippen MR) is 164 cm³/mol. The van der Waals surface area contributed by atoms with Crippen LogP contribution in [0.15, 0.2) is 0 Å². The summed E-state index contributed by atoms with van der Waals surface area (Å²) in [7, 11) is 0. The summed E-state index contributed by atoms with van der Waals surface area (Å²) in [4.78, 5) is 35.7. The first-order valence-electron chi connectivity index (χ1n) is 16.9. The largest absolute Gasteiger partial charge is 0.465 e. The molecule has 0 rings (SSSR count). The molecule has 0 radical (unpaired) electrons. The molecule has 0 aromatic rings. The van der Waals surface area contributed by atoms with Crippen molar-refractivity contribution in [2.45, 2.75) is 175 Å². The number of hydrogen-bond acceptors (Lipinski definition) is 6. The molecular formula is C34H64O6. The Morgan fingerprint density at radius 2 is 0.725 bits per heavy atom. The Morgan fingerprint density at radius 3 is 1.02 bits per heavy atom. The number of carbonyl (C=O) groups is 3. The molecule has 236 valence electrons. The third kappa shape index (κ3) is 23.1. The highest BCUT2D eigenvalue weighted by atomic mass is 16.6. The van der Waals surface area contributed by atoms with Gasteiger partial charge in [0.1, 0.15) is 19.8 Å². The molecule has 40 heavy (non-hydrogen) atoms. The van der Waals surface area contributed by atoms with Crippen LogP contribution in [0.1, 0.15) is 175 Å². The molecule has 0 aliphatic heterocycles. The van der Waals surface area contributed by atoms with E-state index in [0.717, 1.165) is 19.3 Å². The summed E-state index contributed by atoms with van der Waals surface area (Å²) in [5.41, 5.74) is -0.709. The van der Waals surface area contributed by atoms with Crippen LogP contribution < -0.4 is 0 Å². The first-order chi connectivity index (χ1) is 19.4. The quantitative estimate of drug-likeness (QED) is 0.0508. The zero-order chi connectivity index (χ0) is 29.7. The molecule has 0 atom stereocenters. The molecule has 6 nitrogen and oxygen atoms in total. The number of esters is 3. The first-order valence-corrected chi connectivity index (χ1v) is 16.9. The van der Waals surface area contributed by atoms with Crippen molar-refractivity contribution in [1.29, 1.82) is 0 Å². The SMILES string of the molecule is CCCCCCCCCCCCCCCCCCCCCC(=O)OCC(CC)(COC(=O)CC)COC(=O)CC. The molecule has 0 bridgehead atoms. The van der Waals surface area contributed by atoms with Gasteiger partial charge in [0.15, 0.2) is 0 Å². The lowest BCUT2D eigenvalue weighted by Crippen LogP contribution is -2.39. The van der Waals surface area contributed by atoms with E-state index in [1.165, 1.54) is 103 Å². The normalized spacial score (nSPS) is 11.4. The van der Waals surface area contributed by atoms with Crippen molar-refractivity contribution in [1.82, 2.24) is 0 Å². The van der Waals surface area contributed by atoms with Crippen LogP contribution in [0.3, 0.4) is 0 Å². The van der Waals surface area contributed by atoms with Crippen LogP contribution in [0.25, 0.3) is 0 Å². The molecule has 0 heterocycles. The monoisotopic (exact) mass is 568 g/mol. The van der Waals surface area contributed by atoms with Gasteiger partial charge in [-0.3, -0.25) is 14.4 Å². The topological polar surface area (TPSA) is 78.9 Å². The van der Waals surface area contributed by atoms with E-state index in [9.17, 15) is 14.4 Å². The average molecular weight is 569 g/mol. The molecule has 0 aromatic heterocycles. The van der Waals surface area contributed by atoms with E-state index in [-0.39, 0.29) is 50.6 Å². The molecular weight excluding hydrogens is 504 g/mol. The van der Waals surface area contributed by atoms with Gasteiger partial charge in [0.2, 0.25) is 0 Å². The second kappa shape index (κ2) is 27.6. The Labute approximate surface area is 247 Å². The van der Waals surface area contributed by atoms with E-state index < -0.39 is 5.41 Å². The van der Waals surface area contributed by atoms with Gasteiger partial charge in [-0.05, 0) is 12.8 Å². The fourth-order valence-corrected chi connectivity index (χ4v) is 4.76. The standard InChI is InChI=1S/C34H64O6/c1-5-9-10-11-12-13-14-15-16-17-18-19-20-21-22-23-24-25-26-27-33(37)40-30-34(8-4,28-38-31(35)6-2)29-39-32(36)7-3/h5-30H2,1-4H3. The van der Waals surface area contributed by atoms with Crippen LogP contribution in [0.5, 0.6) is 0 Å². The van der Waals surface area contributed by atoms with Gasteiger partial charge in [-0.2, -0.15) is 0 Å². The highest BCUT2D eigenvalue weighted by Crippen LogP contribution is 2.25. The molecule has 0 N–H and O–H groups in total. The van der Waals surface area contributed by atoms with Crippen LogP contribution in [0.4, 0.5) is 0 Å². The zero-order valence-electron chi connectivity index (χ0n) is 26.8. The van der Waals surface area contributed by atoms with Gasteiger partial charge >= 0.3 is 17.9 Å². The van der Waals surface area contributed by atoms with Crippen molar-refractivity contribution >= 4 is 17.9 Å². The third-order valence-corrected chi connectivity index (χ3v) is 7.93. The Morgan fingerprint density at radius 1 is 0.425 bits per heavy atom. The molecule has 0 aliphatic carbocycles. The van der Waals surface area contributed by atoms with E-state index in [0.29, 0.717) is 12.8 Å². The van der Waals surface area contributed by atoms with Crippen LogP contribution in [-0.4, -0.2) is 37.7 Å². The van der Waals surface area contributed by atoms with Crippen LogP contribution >= 0.6 is 0 Å². The number of unbranched alkanes of at least 4 members (excludes halogenated alkanes) is 18. The number of carbonyl (C=O) groups excluding carboxylic acids is 3. The highest BCUT2D eigenvalue weighted by Gasteiger charge is 2.34. The Balaban J connectivity index is 3.80. The minimum atomic E-state index is -0.709. The minimum absolute atomic E-state index is 0.0691. The van der Waals surface area contributed by atoms with Gasteiger partial charge < -0.3 is 14.2 Å². The lowest BCUT2D eigenvalue weighted by molar-refractivity contribution is -0.162. The summed E-state index contributed by atoms with van der Waals surface area (Å²) in [5.74, 6) is -0.881. The van der Waals surface area contributed by atoms with Gasteiger partial charge in [0.25, 0.3) is 0 Å². The molecule has 6 heteroatoms. The lowest BCUT2D eigenvalue weighted by Gasteiger charge is -2.31. The number of ether oxygens (including phenoxy) is 3. The fourth-order valence-electron chi connectivity index (χ4n) is 4.76. The van der Waals surface area contributed by atoms with Gasteiger partial charge in [0.05, 0.1) is 5.41 Å². The summed E-state index contributed by atoms with van der Waals surface area (Å²) in [5, 5.41) is 0. The van der Waals surface area contributed by atoms with E-state index in [2.05, 4.69) is 6.92 Å². The van der Waals surface area contributed by atoms with Crippen molar-refractivity contribution in [3.63, 3.8) is 0 Å². The minimum Gasteiger partial charge on any atom is -0.465 e. The van der Waals surface area contributed by atoms with E-state index in [1.807, 2.05) is 6.92 Å². The summed E-state index contributed by atoms with van der Waals surface area (Å²) in [6.07, 6.45) is 26.6. The van der Waals surface area contributed by atoms with E-state index in [1.54, 1.807) is 13.8 Å². The number of hydrogen-bond donors (Lipinski definition) is 0. The van der Waals surface area contributed by atoms with Crippen molar-refractivity contribution in [2.75, 3.05) is 19.8 Å².